The highest BCUT2D eigenvalue weighted by Gasteiger charge is 1.98. The van der Waals surface area contributed by atoms with Gasteiger partial charge in [0.2, 0.25) is 0 Å². The lowest BCUT2D eigenvalue weighted by molar-refractivity contribution is 0.322. The minimum absolute atomic E-state index is 0.0943. The zero-order chi connectivity index (χ0) is 9.68. The molecular formula is C10H15NOS. The number of hydrogen-bond acceptors (Lipinski definition) is 3. The maximum Gasteiger partial charge on any atom is 0.0525 e. The Morgan fingerprint density at radius 1 is 1.38 bits per heavy atom. The summed E-state index contributed by atoms with van der Waals surface area (Å²) in [4.78, 5) is 1.18. The molecule has 1 atom stereocenters. The molecule has 0 spiro atoms. The van der Waals surface area contributed by atoms with Crippen molar-refractivity contribution in [1.29, 1.82) is 0 Å². The molecule has 1 rings (SSSR count). The minimum atomic E-state index is 0.0943. The van der Waals surface area contributed by atoms with Crippen LogP contribution in [0.25, 0.3) is 0 Å². The van der Waals surface area contributed by atoms with Crippen LogP contribution in [0, 0.1) is 0 Å². The van der Waals surface area contributed by atoms with Crippen LogP contribution in [0.4, 0.5) is 0 Å². The predicted molar refractivity (Wildman–Crippen MR) is 56.9 cm³/mol. The van der Waals surface area contributed by atoms with Crippen LogP contribution < -0.4 is 5.73 Å². The van der Waals surface area contributed by atoms with Crippen molar-refractivity contribution in [2.45, 2.75) is 17.9 Å². The van der Waals surface area contributed by atoms with Gasteiger partial charge in [0.15, 0.2) is 0 Å². The average molecular weight is 197 g/mol. The van der Waals surface area contributed by atoms with Gasteiger partial charge in [0.1, 0.15) is 0 Å². The van der Waals surface area contributed by atoms with Crippen LogP contribution in [0.15, 0.2) is 29.2 Å². The van der Waals surface area contributed by atoms with Crippen molar-refractivity contribution in [2.75, 3.05) is 12.4 Å². The molecule has 0 aromatic heterocycles. The molecule has 2 nitrogen and oxygen atoms in total. The van der Waals surface area contributed by atoms with E-state index in [-0.39, 0.29) is 12.6 Å². The molecule has 0 aliphatic carbocycles. The number of rotatable bonds is 4. The molecule has 72 valence electrons. The molecule has 0 aliphatic heterocycles. The second-order valence-electron chi connectivity index (χ2n) is 2.93. The number of aliphatic hydroxyl groups is 1. The quantitative estimate of drug-likeness (QED) is 0.723. The normalized spacial score (nSPS) is 12.8. The first kappa shape index (κ1) is 10.6. The molecule has 0 aliphatic rings. The molecule has 0 radical (unpaired) electrons. The Balaban J connectivity index is 2.59. The first-order valence-corrected chi connectivity index (χ1v) is 5.32. The van der Waals surface area contributed by atoms with E-state index >= 15 is 0 Å². The van der Waals surface area contributed by atoms with Gasteiger partial charge in [-0.1, -0.05) is 12.1 Å². The summed E-state index contributed by atoms with van der Waals surface area (Å²) in [6.07, 6.45) is 0. The third-order valence-corrected chi connectivity index (χ3v) is 2.76. The molecule has 0 unspecified atom stereocenters. The predicted octanol–water partition coefficient (Wildman–Crippen LogP) is 1.79. The Morgan fingerprint density at radius 2 is 2.00 bits per heavy atom. The van der Waals surface area contributed by atoms with Crippen molar-refractivity contribution in [3.63, 3.8) is 0 Å². The number of aliphatic hydroxyl groups excluding tert-OH is 1. The van der Waals surface area contributed by atoms with E-state index in [0.29, 0.717) is 0 Å². The summed E-state index contributed by atoms with van der Waals surface area (Å²) in [7, 11) is 0. The Kier molecular flexibility index (Phi) is 4.28. The van der Waals surface area contributed by atoms with E-state index in [2.05, 4.69) is 0 Å². The fourth-order valence-electron chi connectivity index (χ4n) is 1.03. The maximum atomic E-state index is 8.63. The van der Waals surface area contributed by atoms with Crippen LogP contribution in [0.5, 0.6) is 0 Å². The molecule has 0 saturated heterocycles. The SMILES string of the molecule is C[C@H](N)c1ccc(SCCO)cc1. The highest BCUT2D eigenvalue weighted by molar-refractivity contribution is 7.99. The molecule has 1 aromatic carbocycles. The third-order valence-electron chi connectivity index (χ3n) is 1.77. The lowest BCUT2D eigenvalue weighted by Gasteiger charge is -2.06. The van der Waals surface area contributed by atoms with Crippen molar-refractivity contribution in [2.24, 2.45) is 5.73 Å². The van der Waals surface area contributed by atoms with Crippen molar-refractivity contribution < 1.29 is 5.11 Å². The Morgan fingerprint density at radius 3 is 2.46 bits per heavy atom. The number of benzene rings is 1. The third kappa shape index (κ3) is 3.38. The van der Waals surface area contributed by atoms with Gasteiger partial charge in [-0.2, -0.15) is 0 Å². The van der Waals surface area contributed by atoms with E-state index in [1.165, 1.54) is 4.90 Å². The van der Waals surface area contributed by atoms with E-state index in [1.807, 2.05) is 31.2 Å². The minimum Gasteiger partial charge on any atom is -0.396 e. The van der Waals surface area contributed by atoms with Crippen molar-refractivity contribution in [3.05, 3.63) is 29.8 Å². The van der Waals surface area contributed by atoms with Gasteiger partial charge in [0.25, 0.3) is 0 Å². The van der Waals surface area contributed by atoms with Crippen LogP contribution in [0.2, 0.25) is 0 Å². The van der Waals surface area contributed by atoms with Crippen LogP contribution >= 0.6 is 11.8 Å². The summed E-state index contributed by atoms with van der Waals surface area (Å²) in [6, 6.07) is 8.24. The molecule has 0 heterocycles. The molecule has 3 heteroatoms. The number of hydrogen-bond donors (Lipinski definition) is 2. The van der Waals surface area contributed by atoms with E-state index in [0.717, 1.165) is 11.3 Å². The standard InChI is InChI=1S/C10H15NOS/c1-8(11)9-2-4-10(5-3-9)13-7-6-12/h2-5,8,12H,6-7,11H2,1H3/t8-/m0/s1. The number of thioether (sulfide) groups is 1. The molecule has 13 heavy (non-hydrogen) atoms. The van der Waals surface area contributed by atoms with Gasteiger partial charge in [-0.15, -0.1) is 11.8 Å². The van der Waals surface area contributed by atoms with Gasteiger partial charge in [-0.05, 0) is 24.6 Å². The summed E-state index contributed by atoms with van der Waals surface area (Å²) in [5.74, 6) is 0.748. The fourth-order valence-corrected chi connectivity index (χ4v) is 1.69. The Labute approximate surface area is 83.1 Å². The van der Waals surface area contributed by atoms with Gasteiger partial charge in [-0.3, -0.25) is 0 Å². The molecule has 0 amide bonds. The topological polar surface area (TPSA) is 46.2 Å². The maximum absolute atomic E-state index is 8.63. The van der Waals surface area contributed by atoms with Crippen LogP contribution in [-0.2, 0) is 0 Å². The highest BCUT2D eigenvalue weighted by Crippen LogP contribution is 2.19. The second-order valence-corrected chi connectivity index (χ2v) is 4.10. The van der Waals surface area contributed by atoms with Crippen molar-refractivity contribution >= 4 is 11.8 Å². The molecule has 1 aromatic rings. The van der Waals surface area contributed by atoms with E-state index in [4.69, 9.17) is 10.8 Å². The first-order valence-electron chi connectivity index (χ1n) is 4.33. The van der Waals surface area contributed by atoms with Gasteiger partial charge in [-0.25, -0.2) is 0 Å². The molecule has 0 saturated carbocycles. The van der Waals surface area contributed by atoms with Crippen molar-refractivity contribution in [1.82, 2.24) is 0 Å². The monoisotopic (exact) mass is 197 g/mol. The average Bonchev–Trinajstić information content (AvgIpc) is 2.15. The highest BCUT2D eigenvalue weighted by atomic mass is 32.2. The van der Waals surface area contributed by atoms with Gasteiger partial charge < -0.3 is 10.8 Å². The second kappa shape index (κ2) is 5.27. The van der Waals surface area contributed by atoms with E-state index in [9.17, 15) is 0 Å². The summed E-state index contributed by atoms with van der Waals surface area (Å²) in [5.41, 5.74) is 6.86. The van der Waals surface area contributed by atoms with E-state index < -0.39 is 0 Å². The zero-order valence-electron chi connectivity index (χ0n) is 7.73. The molecular weight excluding hydrogens is 182 g/mol. The van der Waals surface area contributed by atoms with Crippen molar-refractivity contribution in [3.8, 4) is 0 Å². The summed E-state index contributed by atoms with van der Waals surface area (Å²) in [5, 5.41) is 8.63. The summed E-state index contributed by atoms with van der Waals surface area (Å²) < 4.78 is 0. The number of nitrogens with two attached hydrogens (primary N) is 1. The molecule has 0 fully saturated rings. The Bertz CT molecular complexity index is 246. The molecule has 0 bridgehead atoms. The molecule has 3 N–H and O–H groups in total. The van der Waals surface area contributed by atoms with Gasteiger partial charge in [0.05, 0.1) is 6.61 Å². The van der Waals surface area contributed by atoms with Crippen LogP contribution in [0.1, 0.15) is 18.5 Å². The van der Waals surface area contributed by atoms with Gasteiger partial charge >= 0.3 is 0 Å². The Hall–Kier alpha value is -0.510. The zero-order valence-corrected chi connectivity index (χ0v) is 8.55. The summed E-state index contributed by atoms with van der Waals surface area (Å²) >= 11 is 1.65. The van der Waals surface area contributed by atoms with Crippen LogP contribution in [0.3, 0.4) is 0 Å². The smallest absolute Gasteiger partial charge is 0.0525 e. The first-order chi connectivity index (χ1) is 6.24. The summed E-state index contributed by atoms with van der Waals surface area (Å²) in [6.45, 7) is 2.19. The van der Waals surface area contributed by atoms with E-state index in [1.54, 1.807) is 11.8 Å². The lowest BCUT2D eigenvalue weighted by Crippen LogP contribution is -2.04. The fraction of sp³-hybridized carbons (Fsp3) is 0.400. The lowest BCUT2D eigenvalue weighted by atomic mass is 10.1. The van der Waals surface area contributed by atoms with Crippen LogP contribution in [-0.4, -0.2) is 17.5 Å². The largest absolute Gasteiger partial charge is 0.396 e. The van der Waals surface area contributed by atoms with Gasteiger partial charge in [0, 0.05) is 16.7 Å².